The van der Waals surface area contributed by atoms with Crippen LogP contribution in [0.3, 0.4) is 0 Å². The molecule has 0 aliphatic heterocycles. The Balaban J connectivity index is 2.16. The van der Waals surface area contributed by atoms with Crippen LogP contribution in [0.4, 0.5) is 0 Å². The summed E-state index contributed by atoms with van der Waals surface area (Å²) in [5.41, 5.74) is 4.69. The Kier molecular flexibility index (Phi) is 2.56. The summed E-state index contributed by atoms with van der Waals surface area (Å²) in [6.07, 6.45) is 12.3. The third kappa shape index (κ3) is 2.08. The Morgan fingerprint density at radius 2 is 2.20 bits per heavy atom. The highest BCUT2D eigenvalue weighted by Gasteiger charge is 2.08. The van der Waals surface area contributed by atoms with Gasteiger partial charge in [0.15, 0.2) is 0 Å². The van der Waals surface area contributed by atoms with E-state index < -0.39 is 0 Å². The van der Waals surface area contributed by atoms with E-state index in [0.717, 1.165) is 6.42 Å². The zero-order chi connectivity index (χ0) is 10.7. The Hall–Kier alpha value is -2.00. The Morgan fingerprint density at radius 3 is 2.93 bits per heavy atom. The first kappa shape index (κ1) is 9.55. The van der Waals surface area contributed by atoms with Gasteiger partial charge in [0.25, 0.3) is 0 Å². The van der Waals surface area contributed by atoms with Crippen molar-refractivity contribution in [1.82, 2.24) is 0 Å². The Bertz CT molecular complexity index is 493. The maximum Gasteiger partial charge on any atom is 0.0170 e. The topological polar surface area (TPSA) is 0 Å². The van der Waals surface area contributed by atoms with Crippen LogP contribution in [-0.2, 0) is 6.42 Å². The molecular weight excluding hydrogens is 180 g/mol. The van der Waals surface area contributed by atoms with Crippen molar-refractivity contribution in [3.8, 4) is 12.3 Å². The van der Waals surface area contributed by atoms with Gasteiger partial charge in [0, 0.05) is 5.57 Å². The number of benzene rings is 1. The van der Waals surface area contributed by atoms with E-state index in [1.807, 2.05) is 12.2 Å². The molecule has 0 amide bonds. The fourth-order valence-electron chi connectivity index (χ4n) is 1.67. The van der Waals surface area contributed by atoms with Gasteiger partial charge in [-0.25, -0.2) is 0 Å². The highest BCUT2D eigenvalue weighted by Crippen LogP contribution is 2.25. The molecule has 1 aliphatic carbocycles. The van der Waals surface area contributed by atoms with Crippen molar-refractivity contribution in [1.29, 1.82) is 0 Å². The zero-order valence-electron chi connectivity index (χ0n) is 8.53. The summed E-state index contributed by atoms with van der Waals surface area (Å²) in [5.74, 6) is 2.50. The molecule has 1 aromatic carbocycles. The Morgan fingerprint density at radius 1 is 1.40 bits per heavy atom. The first-order chi connectivity index (χ1) is 7.29. The van der Waals surface area contributed by atoms with Gasteiger partial charge in [-0.05, 0) is 29.2 Å². The Labute approximate surface area is 90.6 Å². The van der Waals surface area contributed by atoms with E-state index in [9.17, 15) is 0 Å². The van der Waals surface area contributed by atoms with Crippen LogP contribution in [0.2, 0.25) is 0 Å². The molecule has 0 nitrogen and oxygen atoms in total. The monoisotopic (exact) mass is 192 g/mol. The van der Waals surface area contributed by atoms with Gasteiger partial charge in [0.1, 0.15) is 0 Å². The molecule has 1 aliphatic rings. The summed E-state index contributed by atoms with van der Waals surface area (Å²) in [6, 6.07) is 8.41. The lowest BCUT2D eigenvalue weighted by Gasteiger charge is -1.95. The number of terminal acetylenes is 1. The standard InChI is InChI=1S/C15H12/c1-3-12(2)8-9-13-10-14-6-4-5-7-15(14)11-13/h1,4-10H,2,11H2/b9-8-. The van der Waals surface area contributed by atoms with Crippen LogP contribution in [-0.4, -0.2) is 0 Å². The predicted molar refractivity (Wildman–Crippen MR) is 65.2 cm³/mol. The first-order valence-corrected chi connectivity index (χ1v) is 4.91. The summed E-state index contributed by atoms with van der Waals surface area (Å²) < 4.78 is 0. The number of fused-ring (bicyclic) bond motifs is 1. The summed E-state index contributed by atoms with van der Waals surface area (Å²) in [5, 5.41) is 0. The van der Waals surface area contributed by atoms with E-state index in [1.54, 1.807) is 0 Å². The fourth-order valence-corrected chi connectivity index (χ4v) is 1.67. The van der Waals surface area contributed by atoms with E-state index >= 15 is 0 Å². The lowest BCUT2D eigenvalue weighted by molar-refractivity contribution is 1.25. The minimum absolute atomic E-state index is 0.715. The van der Waals surface area contributed by atoms with Crippen molar-refractivity contribution in [3.05, 3.63) is 65.3 Å². The van der Waals surface area contributed by atoms with Gasteiger partial charge in [-0.15, -0.1) is 6.42 Å². The van der Waals surface area contributed by atoms with Gasteiger partial charge < -0.3 is 0 Å². The molecule has 0 fully saturated rings. The van der Waals surface area contributed by atoms with Gasteiger partial charge in [-0.1, -0.05) is 48.9 Å². The van der Waals surface area contributed by atoms with Crippen LogP contribution >= 0.6 is 0 Å². The molecule has 0 aromatic heterocycles. The van der Waals surface area contributed by atoms with Gasteiger partial charge in [0.2, 0.25) is 0 Å². The maximum atomic E-state index is 5.22. The van der Waals surface area contributed by atoms with Crippen LogP contribution in [0.1, 0.15) is 11.1 Å². The van der Waals surface area contributed by atoms with Gasteiger partial charge in [-0.3, -0.25) is 0 Å². The third-order valence-electron chi connectivity index (χ3n) is 2.47. The zero-order valence-corrected chi connectivity index (χ0v) is 8.53. The van der Waals surface area contributed by atoms with E-state index in [0.29, 0.717) is 5.57 Å². The van der Waals surface area contributed by atoms with Gasteiger partial charge in [-0.2, -0.15) is 0 Å². The van der Waals surface area contributed by atoms with Crippen LogP contribution < -0.4 is 0 Å². The molecule has 0 radical (unpaired) electrons. The molecule has 0 spiro atoms. The molecule has 0 N–H and O–H groups in total. The SMILES string of the molecule is C#CC(=C)/C=C\C1=Cc2ccccc2C1. The molecule has 0 bridgehead atoms. The van der Waals surface area contributed by atoms with Crippen LogP contribution in [0, 0.1) is 12.3 Å². The average molecular weight is 192 g/mol. The van der Waals surface area contributed by atoms with Crippen molar-refractivity contribution < 1.29 is 0 Å². The summed E-state index contributed by atoms with van der Waals surface area (Å²) in [4.78, 5) is 0. The largest absolute Gasteiger partial charge is 0.115 e. The molecule has 0 saturated carbocycles. The molecule has 0 saturated heterocycles. The number of allylic oxidation sites excluding steroid dienone is 4. The highest BCUT2D eigenvalue weighted by molar-refractivity contribution is 5.66. The van der Waals surface area contributed by atoms with Crippen LogP contribution in [0.5, 0.6) is 0 Å². The fraction of sp³-hybridized carbons (Fsp3) is 0.0667. The lowest BCUT2D eigenvalue weighted by atomic mass is 10.1. The predicted octanol–water partition coefficient (Wildman–Crippen LogP) is 3.37. The van der Waals surface area contributed by atoms with Crippen molar-refractivity contribution in [2.45, 2.75) is 6.42 Å². The second kappa shape index (κ2) is 4.02. The summed E-state index contributed by atoms with van der Waals surface area (Å²) in [6.45, 7) is 3.73. The minimum Gasteiger partial charge on any atom is -0.115 e. The normalized spacial score (nSPS) is 13.4. The van der Waals surface area contributed by atoms with E-state index in [4.69, 9.17) is 6.42 Å². The molecule has 72 valence electrons. The van der Waals surface area contributed by atoms with Gasteiger partial charge in [0.05, 0.1) is 0 Å². The summed E-state index contributed by atoms with van der Waals surface area (Å²) >= 11 is 0. The van der Waals surface area contributed by atoms with Crippen LogP contribution in [0.15, 0.2) is 54.1 Å². The van der Waals surface area contributed by atoms with Crippen molar-refractivity contribution >= 4 is 6.08 Å². The molecule has 2 rings (SSSR count). The third-order valence-corrected chi connectivity index (χ3v) is 2.47. The van der Waals surface area contributed by atoms with Crippen molar-refractivity contribution in [2.75, 3.05) is 0 Å². The average Bonchev–Trinajstić information content (AvgIpc) is 2.68. The quantitative estimate of drug-likeness (QED) is 0.498. The van der Waals surface area contributed by atoms with E-state index in [-0.39, 0.29) is 0 Å². The lowest BCUT2D eigenvalue weighted by Crippen LogP contribution is -1.81. The second-order valence-electron chi connectivity index (χ2n) is 3.60. The second-order valence-corrected chi connectivity index (χ2v) is 3.60. The van der Waals surface area contributed by atoms with Crippen LogP contribution in [0.25, 0.3) is 6.08 Å². The maximum absolute atomic E-state index is 5.22. The molecule has 15 heavy (non-hydrogen) atoms. The number of rotatable bonds is 2. The number of hydrogen-bond donors (Lipinski definition) is 0. The molecule has 0 heteroatoms. The van der Waals surface area contributed by atoms with E-state index in [2.05, 4.69) is 42.8 Å². The smallest absolute Gasteiger partial charge is 0.0170 e. The highest BCUT2D eigenvalue weighted by atomic mass is 14.1. The summed E-state index contributed by atoms with van der Waals surface area (Å²) in [7, 11) is 0. The molecule has 1 aromatic rings. The molecule has 0 unspecified atom stereocenters. The van der Waals surface area contributed by atoms with Crippen molar-refractivity contribution in [3.63, 3.8) is 0 Å². The van der Waals surface area contributed by atoms with Gasteiger partial charge >= 0.3 is 0 Å². The van der Waals surface area contributed by atoms with Crippen molar-refractivity contribution in [2.24, 2.45) is 0 Å². The molecular formula is C15H12. The molecule has 0 heterocycles. The minimum atomic E-state index is 0.715. The van der Waals surface area contributed by atoms with E-state index in [1.165, 1.54) is 16.7 Å². The number of hydrogen-bond acceptors (Lipinski definition) is 0. The molecule has 0 atom stereocenters. The first-order valence-electron chi connectivity index (χ1n) is 4.91.